The molecule has 0 aromatic heterocycles. The molecule has 130 valence electrons. The van der Waals surface area contributed by atoms with E-state index < -0.39 is 6.09 Å². The molecule has 1 aliphatic rings. The second-order valence-electron chi connectivity index (χ2n) is 6.12. The number of hydrogen-bond acceptors (Lipinski definition) is 4. The molecule has 1 saturated carbocycles. The number of esters is 1. The van der Waals surface area contributed by atoms with Crippen LogP contribution in [0.15, 0.2) is 60.7 Å². The lowest BCUT2D eigenvalue weighted by Gasteiger charge is -2.19. The van der Waals surface area contributed by atoms with E-state index in [1.165, 1.54) is 7.11 Å². The van der Waals surface area contributed by atoms with Gasteiger partial charge in [0.15, 0.2) is 0 Å². The summed E-state index contributed by atoms with van der Waals surface area (Å²) >= 11 is 0. The van der Waals surface area contributed by atoms with E-state index in [-0.39, 0.29) is 30.5 Å². The molecule has 1 fully saturated rings. The minimum absolute atomic E-state index is 0.0270. The fourth-order valence-corrected chi connectivity index (χ4v) is 3.00. The molecular weight excluding hydrogens is 318 g/mol. The first kappa shape index (κ1) is 17.0. The Hall–Kier alpha value is -2.82. The van der Waals surface area contributed by atoms with Crippen molar-refractivity contribution in [2.24, 2.45) is 11.8 Å². The maximum Gasteiger partial charge on any atom is 0.407 e. The number of carbonyl (C=O) groups excluding carboxylic acids is 2. The Morgan fingerprint density at radius 2 is 1.72 bits per heavy atom. The van der Waals surface area contributed by atoms with E-state index in [1.807, 2.05) is 60.7 Å². The lowest BCUT2D eigenvalue weighted by atomic mass is 10.0. The zero-order valence-electron chi connectivity index (χ0n) is 14.1. The lowest BCUT2D eigenvalue weighted by molar-refractivity contribution is -0.142. The summed E-state index contributed by atoms with van der Waals surface area (Å²) in [6.45, 7) is 0.208. The first-order valence-corrected chi connectivity index (χ1v) is 8.29. The Kier molecular flexibility index (Phi) is 5.33. The Bertz CT molecular complexity index is 717. The maximum absolute atomic E-state index is 12.2. The third-order valence-electron chi connectivity index (χ3n) is 4.42. The molecule has 1 amide bonds. The molecule has 1 N–H and O–H groups in total. The maximum atomic E-state index is 12.2. The van der Waals surface area contributed by atoms with Gasteiger partial charge in [0.25, 0.3) is 0 Å². The number of hydrogen-bond donors (Lipinski definition) is 1. The number of methoxy groups -OCH3 is 1. The average Bonchev–Trinajstić information content (AvgIpc) is 3.46. The van der Waals surface area contributed by atoms with E-state index in [9.17, 15) is 9.59 Å². The highest BCUT2D eigenvalue weighted by atomic mass is 16.5. The van der Waals surface area contributed by atoms with Gasteiger partial charge in [-0.3, -0.25) is 4.79 Å². The van der Waals surface area contributed by atoms with Gasteiger partial charge in [0, 0.05) is 0 Å². The van der Waals surface area contributed by atoms with E-state index in [0.29, 0.717) is 6.42 Å². The topological polar surface area (TPSA) is 64.6 Å². The Morgan fingerprint density at radius 1 is 1.08 bits per heavy atom. The van der Waals surface area contributed by atoms with Crippen molar-refractivity contribution in [1.29, 1.82) is 0 Å². The average molecular weight is 339 g/mol. The zero-order chi connectivity index (χ0) is 17.6. The number of alkyl carbamates (subject to hydrolysis) is 1. The lowest BCUT2D eigenvalue weighted by Crippen LogP contribution is -2.31. The first-order valence-electron chi connectivity index (χ1n) is 8.29. The molecule has 5 nitrogen and oxygen atoms in total. The van der Waals surface area contributed by atoms with Crippen molar-refractivity contribution < 1.29 is 19.1 Å². The highest BCUT2D eigenvalue weighted by Gasteiger charge is 2.49. The fraction of sp³-hybridized carbons (Fsp3) is 0.300. The van der Waals surface area contributed by atoms with Crippen LogP contribution < -0.4 is 5.32 Å². The van der Waals surface area contributed by atoms with Gasteiger partial charge in [0.1, 0.15) is 6.61 Å². The summed E-state index contributed by atoms with van der Waals surface area (Å²) in [4.78, 5) is 24.0. The van der Waals surface area contributed by atoms with Crippen LogP contribution in [-0.2, 0) is 20.9 Å². The summed E-state index contributed by atoms with van der Waals surface area (Å²) in [6, 6.07) is 18.9. The van der Waals surface area contributed by atoms with Crippen LogP contribution in [0.25, 0.3) is 0 Å². The van der Waals surface area contributed by atoms with Gasteiger partial charge < -0.3 is 14.8 Å². The highest BCUT2D eigenvalue weighted by Crippen LogP contribution is 2.48. The summed E-state index contributed by atoms with van der Waals surface area (Å²) in [7, 11) is 1.39. The largest absolute Gasteiger partial charge is 0.469 e. The van der Waals surface area contributed by atoms with Crippen molar-refractivity contribution >= 4 is 12.1 Å². The number of amides is 1. The predicted molar refractivity (Wildman–Crippen MR) is 92.6 cm³/mol. The Balaban J connectivity index is 1.64. The van der Waals surface area contributed by atoms with E-state index in [1.54, 1.807) is 0 Å². The van der Waals surface area contributed by atoms with Crippen LogP contribution in [0, 0.1) is 11.8 Å². The van der Waals surface area contributed by atoms with Crippen molar-refractivity contribution in [3.05, 3.63) is 71.8 Å². The second-order valence-corrected chi connectivity index (χ2v) is 6.12. The van der Waals surface area contributed by atoms with Crippen LogP contribution in [-0.4, -0.2) is 19.2 Å². The third kappa shape index (κ3) is 4.38. The van der Waals surface area contributed by atoms with E-state index >= 15 is 0 Å². The SMILES string of the molecule is COC(=O)[C@H]1C[C@@H]1[C@H](NC(=O)OCc1ccccc1)c1ccccc1. The molecule has 0 radical (unpaired) electrons. The van der Waals surface area contributed by atoms with Gasteiger partial charge >= 0.3 is 12.1 Å². The molecule has 0 saturated heterocycles. The van der Waals surface area contributed by atoms with Crippen LogP contribution in [0.3, 0.4) is 0 Å². The Morgan fingerprint density at radius 3 is 2.36 bits per heavy atom. The molecule has 2 aromatic rings. The van der Waals surface area contributed by atoms with E-state index in [2.05, 4.69) is 5.32 Å². The molecule has 0 aliphatic heterocycles. The van der Waals surface area contributed by atoms with E-state index in [0.717, 1.165) is 11.1 Å². The molecule has 5 heteroatoms. The smallest absolute Gasteiger partial charge is 0.407 e. The Labute approximate surface area is 147 Å². The number of benzene rings is 2. The van der Waals surface area contributed by atoms with Crippen molar-refractivity contribution in [3.63, 3.8) is 0 Å². The van der Waals surface area contributed by atoms with Crippen LogP contribution in [0.2, 0.25) is 0 Å². The molecule has 3 rings (SSSR count). The van der Waals surface area contributed by atoms with Crippen LogP contribution in [0.1, 0.15) is 23.6 Å². The van der Waals surface area contributed by atoms with Crippen LogP contribution in [0.4, 0.5) is 4.79 Å². The van der Waals surface area contributed by atoms with Crippen molar-refractivity contribution in [2.45, 2.75) is 19.1 Å². The van der Waals surface area contributed by atoms with Gasteiger partial charge in [-0.15, -0.1) is 0 Å². The highest BCUT2D eigenvalue weighted by molar-refractivity contribution is 5.76. The molecule has 0 unspecified atom stereocenters. The van der Waals surface area contributed by atoms with Crippen molar-refractivity contribution in [1.82, 2.24) is 5.32 Å². The van der Waals surface area contributed by atoms with Crippen LogP contribution in [0.5, 0.6) is 0 Å². The molecular formula is C20H21NO4. The van der Waals surface area contributed by atoms with E-state index in [4.69, 9.17) is 9.47 Å². The first-order chi connectivity index (χ1) is 12.2. The van der Waals surface area contributed by atoms with Crippen molar-refractivity contribution in [3.8, 4) is 0 Å². The summed E-state index contributed by atoms with van der Waals surface area (Å²) in [5.41, 5.74) is 1.88. The number of ether oxygens (including phenoxy) is 2. The molecule has 1 aliphatic carbocycles. The fourth-order valence-electron chi connectivity index (χ4n) is 3.00. The minimum Gasteiger partial charge on any atom is -0.469 e. The summed E-state index contributed by atoms with van der Waals surface area (Å²) in [6.07, 6.45) is 0.207. The standard InChI is InChI=1S/C20H21NO4/c1-24-19(22)17-12-16(17)18(15-10-6-3-7-11-15)21-20(23)25-13-14-8-4-2-5-9-14/h2-11,16-18H,12-13H2,1H3,(H,21,23)/t16-,17-,18+/m0/s1. The summed E-state index contributed by atoms with van der Waals surface area (Å²) in [5, 5.41) is 2.91. The molecule has 0 bridgehead atoms. The van der Waals surface area contributed by atoms with Gasteiger partial charge in [-0.25, -0.2) is 4.79 Å². The molecule has 25 heavy (non-hydrogen) atoms. The van der Waals surface area contributed by atoms with Gasteiger partial charge in [0.05, 0.1) is 19.1 Å². The quantitative estimate of drug-likeness (QED) is 0.819. The van der Waals surface area contributed by atoms with Crippen LogP contribution >= 0.6 is 0 Å². The molecule has 0 spiro atoms. The number of carbonyl (C=O) groups is 2. The third-order valence-corrected chi connectivity index (χ3v) is 4.42. The van der Waals surface area contributed by atoms with Gasteiger partial charge in [-0.05, 0) is 23.5 Å². The van der Waals surface area contributed by atoms with Gasteiger partial charge in [-0.1, -0.05) is 60.7 Å². The number of rotatable bonds is 6. The summed E-state index contributed by atoms with van der Waals surface area (Å²) < 4.78 is 10.1. The van der Waals surface area contributed by atoms with Gasteiger partial charge in [0.2, 0.25) is 0 Å². The summed E-state index contributed by atoms with van der Waals surface area (Å²) in [5.74, 6) is -0.380. The monoisotopic (exact) mass is 339 g/mol. The minimum atomic E-state index is -0.492. The predicted octanol–water partition coefficient (Wildman–Crippen LogP) is 3.46. The zero-order valence-corrected chi connectivity index (χ0v) is 14.1. The number of nitrogens with one attached hydrogen (secondary N) is 1. The second kappa shape index (κ2) is 7.83. The normalized spacial score (nSPS) is 19.6. The molecule has 3 atom stereocenters. The molecule has 0 heterocycles. The molecule has 2 aromatic carbocycles. The van der Waals surface area contributed by atoms with Crippen molar-refractivity contribution in [2.75, 3.05) is 7.11 Å². The van der Waals surface area contributed by atoms with Gasteiger partial charge in [-0.2, -0.15) is 0 Å².